The third-order valence-corrected chi connectivity index (χ3v) is 4.06. The minimum absolute atomic E-state index is 0.374. The van der Waals surface area contributed by atoms with Crippen LogP contribution in [0.1, 0.15) is 64.0 Å². The molecule has 0 aromatic heterocycles. The average molecular weight is 318 g/mol. The second-order valence-corrected chi connectivity index (χ2v) is 7.39. The Morgan fingerprint density at radius 1 is 1.04 bits per heavy atom. The Kier molecular flexibility index (Phi) is 6.46. The predicted octanol–water partition coefficient (Wildman–Crippen LogP) is 4.13. The average Bonchev–Trinajstić information content (AvgIpc) is 2.51. The molecule has 0 bridgehead atoms. The molecule has 0 unspecified atom stereocenters. The van der Waals surface area contributed by atoms with E-state index in [1.807, 2.05) is 20.8 Å². The molecule has 2 N–H and O–H groups in total. The number of alkyl carbamates (subject to hydrolysis) is 1. The van der Waals surface area contributed by atoms with Gasteiger partial charge in [0.25, 0.3) is 0 Å². The summed E-state index contributed by atoms with van der Waals surface area (Å²) in [7, 11) is 0. The minimum atomic E-state index is -0.460. The van der Waals surface area contributed by atoms with E-state index in [0.717, 1.165) is 12.1 Å². The van der Waals surface area contributed by atoms with Gasteiger partial charge in [-0.3, -0.25) is 0 Å². The number of hydrogen-bond acceptors (Lipinski definition) is 3. The minimum Gasteiger partial charge on any atom is -0.444 e. The zero-order chi connectivity index (χ0) is 16.7. The SMILES string of the molecule is CC(C)(C)OC(=O)NCc1ccc(CNC2CCCCC2)cc1. The van der Waals surface area contributed by atoms with E-state index >= 15 is 0 Å². The van der Waals surface area contributed by atoms with Gasteiger partial charge in [-0.15, -0.1) is 0 Å². The summed E-state index contributed by atoms with van der Waals surface area (Å²) >= 11 is 0. The van der Waals surface area contributed by atoms with Gasteiger partial charge in [0.15, 0.2) is 0 Å². The van der Waals surface area contributed by atoms with Crippen molar-refractivity contribution in [1.82, 2.24) is 10.6 Å². The summed E-state index contributed by atoms with van der Waals surface area (Å²) < 4.78 is 5.23. The fraction of sp³-hybridized carbons (Fsp3) is 0.632. The van der Waals surface area contributed by atoms with Crippen LogP contribution in [0.5, 0.6) is 0 Å². The Morgan fingerprint density at radius 2 is 1.61 bits per heavy atom. The van der Waals surface area contributed by atoms with Crippen LogP contribution in [0.15, 0.2) is 24.3 Å². The van der Waals surface area contributed by atoms with Crippen LogP contribution < -0.4 is 10.6 Å². The zero-order valence-corrected chi connectivity index (χ0v) is 14.7. The summed E-state index contributed by atoms with van der Waals surface area (Å²) in [5.41, 5.74) is 1.91. The Hall–Kier alpha value is -1.55. The first kappa shape index (κ1) is 17.8. The molecule has 1 fully saturated rings. The molecule has 1 saturated carbocycles. The van der Waals surface area contributed by atoms with Crippen molar-refractivity contribution < 1.29 is 9.53 Å². The number of hydrogen-bond donors (Lipinski definition) is 2. The van der Waals surface area contributed by atoms with Crippen LogP contribution in [0.3, 0.4) is 0 Å². The standard InChI is InChI=1S/C19H30N2O2/c1-19(2,3)23-18(22)21-14-16-11-9-15(10-12-16)13-20-17-7-5-4-6-8-17/h9-12,17,20H,4-8,13-14H2,1-3H3,(H,21,22). The maximum Gasteiger partial charge on any atom is 0.407 e. The van der Waals surface area contributed by atoms with E-state index in [1.54, 1.807) is 0 Å². The highest BCUT2D eigenvalue weighted by atomic mass is 16.6. The van der Waals surface area contributed by atoms with Crippen LogP contribution in [0, 0.1) is 0 Å². The quantitative estimate of drug-likeness (QED) is 0.858. The van der Waals surface area contributed by atoms with Crippen LogP contribution in [0.2, 0.25) is 0 Å². The van der Waals surface area contributed by atoms with E-state index in [9.17, 15) is 4.79 Å². The summed E-state index contributed by atoms with van der Waals surface area (Å²) in [6.45, 7) is 7.00. The van der Waals surface area contributed by atoms with E-state index in [2.05, 4.69) is 34.9 Å². The lowest BCUT2D eigenvalue weighted by atomic mass is 9.95. The van der Waals surface area contributed by atoms with Crippen LogP contribution in [0.25, 0.3) is 0 Å². The molecule has 0 atom stereocenters. The van der Waals surface area contributed by atoms with Gasteiger partial charge in [0, 0.05) is 19.1 Å². The highest BCUT2D eigenvalue weighted by Gasteiger charge is 2.15. The molecular weight excluding hydrogens is 288 g/mol. The molecule has 1 aromatic rings. The summed E-state index contributed by atoms with van der Waals surface area (Å²) in [4.78, 5) is 11.6. The lowest BCUT2D eigenvalue weighted by Gasteiger charge is -2.23. The number of amides is 1. The van der Waals surface area contributed by atoms with Crippen molar-refractivity contribution in [1.29, 1.82) is 0 Å². The van der Waals surface area contributed by atoms with Gasteiger partial charge in [0.2, 0.25) is 0 Å². The molecule has 23 heavy (non-hydrogen) atoms. The fourth-order valence-corrected chi connectivity index (χ4v) is 2.83. The number of ether oxygens (including phenoxy) is 1. The maximum absolute atomic E-state index is 11.6. The van der Waals surface area contributed by atoms with E-state index in [0.29, 0.717) is 12.6 Å². The monoisotopic (exact) mass is 318 g/mol. The van der Waals surface area contributed by atoms with E-state index in [4.69, 9.17) is 4.74 Å². The predicted molar refractivity (Wildman–Crippen MR) is 93.2 cm³/mol. The summed E-state index contributed by atoms with van der Waals surface area (Å²) in [6.07, 6.45) is 6.33. The lowest BCUT2D eigenvalue weighted by molar-refractivity contribution is 0.0523. The van der Waals surface area contributed by atoms with Gasteiger partial charge in [-0.05, 0) is 44.7 Å². The van der Waals surface area contributed by atoms with Gasteiger partial charge in [0.05, 0.1) is 0 Å². The molecule has 0 heterocycles. The second-order valence-electron chi connectivity index (χ2n) is 7.39. The molecule has 128 valence electrons. The topological polar surface area (TPSA) is 50.4 Å². The molecule has 1 aliphatic rings. The van der Waals surface area contributed by atoms with Crippen molar-refractivity contribution in [2.45, 2.75) is 77.6 Å². The molecular formula is C19H30N2O2. The highest BCUT2D eigenvalue weighted by Crippen LogP contribution is 2.18. The molecule has 4 heteroatoms. The molecule has 1 aliphatic carbocycles. The third-order valence-electron chi connectivity index (χ3n) is 4.06. The van der Waals surface area contributed by atoms with Gasteiger partial charge < -0.3 is 15.4 Å². The Morgan fingerprint density at radius 3 is 2.17 bits per heavy atom. The first-order chi connectivity index (χ1) is 10.9. The highest BCUT2D eigenvalue weighted by molar-refractivity contribution is 5.67. The molecule has 0 radical (unpaired) electrons. The molecule has 0 spiro atoms. The van der Waals surface area contributed by atoms with E-state index in [1.165, 1.54) is 37.7 Å². The smallest absolute Gasteiger partial charge is 0.407 e. The van der Waals surface area contributed by atoms with Crippen molar-refractivity contribution in [3.63, 3.8) is 0 Å². The Bertz CT molecular complexity index is 485. The molecule has 1 aromatic carbocycles. The number of carbonyl (C=O) groups excluding carboxylic acids is 1. The molecule has 0 aliphatic heterocycles. The maximum atomic E-state index is 11.6. The third kappa shape index (κ3) is 7.04. The first-order valence-electron chi connectivity index (χ1n) is 8.70. The number of carbonyl (C=O) groups is 1. The van der Waals surface area contributed by atoms with Crippen LogP contribution in [0.4, 0.5) is 4.79 Å². The summed E-state index contributed by atoms with van der Waals surface area (Å²) in [5.74, 6) is 0. The van der Waals surface area contributed by atoms with Crippen molar-refractivity contribution in [3.8, 4) is 0 Å². The molecule has 4 nitrogen and oxygen atoms in total. The Balaban J connectivity index is 1.72. The molecule has 1 amide bonds. The van der Waals surface area contributed by atoms with Gasteiger partial charge in [-0.1, -0.05) is 43.5 Å². The number of nitrogens with one attached hydrogen (secondary N) is 2. The molecule has 0 saturated heterocycles. The summed E-state index contributed by atoms with van der Waals surface area (Å²) in [6, 6.07) is 9.06. The van der Waals surface area contributed by atoms with E-state index < -0.39 is 5.60 Å². The Labute approximate surface area is 140 Å². The van der Waals surface area contributed by atoms with Crippen LogP contribution in [-0.4, -0.2) is 17.7 Å². The van der Waals surface area contributed by atoms with Crippen molar-refractivity contribution >= 4 is 6.09 Å². The van der Waals surface area contributed by atoms with E-state index in [-0.39, 0.29) is 6.09 Å². The zero-order valence-electron chi connectivity index (χ0n) is 14.7. The molecule has 2 rings (SSSR count). The lowest BCUT2D eigenvalue weighted by Crippen LogP contribution is -2.32. The first-order valence-corrected chi connectivity index (χ1v) is 8.70. The van der Waals surface area contributed by atoms with Crippen LogP contribution >= 0.6 is 0 Å². The van der Waals surface area contributed by atoms with Crippen molar-refractivity contribution in [2.75, 3.05) is 0 Å². The summed E-state index contributed by atoms with van der Waals surface area (Å²) in [5, 5.41) is 6.43. The normalized spacial score (nSPS) is 16.1. The largest absolute Gasteiger partial charge is 0.444 e. The van der Waals surface area contributed by atoms with Gasteiger partial charge >= 0.3 is 6.09 Å². The van der Waals surface area contributed by atoms with Crippen molar-refractivity contribution in [3.05, 3.63) is 35.4 Å². The number of rotatable bonds is 5. The van der Waals surface area contributed by atoms with Crippen molar-refractivity contribution in [2.24, 2.45) is 0 Å². The van der Waals surface area contributed by atoms with Gasteiger partial charge in [-0.25, -0.2) is 4.79 Å². The number of benzene rings is 1. The van der Waals surface area contributed by atoms with Gasteiger partial charge in [0.1, 0.15) is 5.60 Å². The van der Waals surface area contributed by atoms with Gasteiger partial charge in [-0.2, -0.15) is 0 Å². The second kappa shape index (κ2) is 8.34. The van der Waals surface area contributed by atoms with Crippen LogP contribution in [-0.2, 0) is 17.8 Å². The fourth-order valence-electron chi connectivity index (χ4n) is 2.83.